The highest BCUT2D eigenvalue weighted by Crippen LogP contribution is 2.15. The molecule has 0 aliphatic carbocycles. The third-order valence-electron chi connectivity index (χ3n) is 4.87. The van der Waals surface area contributed by atoms with Crippen LogP contribution in [-0.2, 0) is 6.42 Å². The Labute approximate surface area is 202 Å². The van der Waals surface area contributed by atoms with Gasteiger partial charge in [0.15, 0.2) is 0 Å². The molecule has 4 rings (SSSR count). The quantitative estimate of drug-likeness (QED) is 0.308. The van der Waals surface area contributed by atoms with Gasteiger partial charge in [0.1, 0.15) is 0 Å². The van der Waals surface area contributed by atoms with Gasteiger partial charge in [-0.25, -0.2) is 10.9 Å². The fourth-order valence-electron chi connectivity index (χ4n) is 3.24. The van der Waals surface area contributed by atoms with Gasteiger partial charge in [-0.3, -0.25) is 19.6 Å². The first-order chi connectivity index (χ1) is 17.2. The molecule has 8 nitrogen and oxygen atoms in total. The van der Waals surface area contributed by atoms with E-state index in [1.807, 2.05) is 42.5 Å². The monoisotopic (exact) mass is 462 g/mol. The molecule has 2 amide bonds. The number of nitrogens with zero attached hydrogens (tertiary/aromatic N) is 4. The van der Waals surface area contributed by atoms with Crippen molar-refractivity contribution in [1.82, 2.24) is 20.8 Å². The lowest BCUT2D eigenvalue weighted by molar-refractivity contribution is 0.0954. The van der Waals surface area contributed by atoms with Gasteiger partial charge in [0.2, 0.25) is 0 Å². The van der Waals surface area contributed by atoms with Crippen molar-refractivity contribution in [3.63, 3.8) is 0 Å². The molecule has 0 aliphatic heterocycles. The summed E-state index contributed by atoms with van der Waals surface area (Å²) in [5.41, 5.74) is 8.65. The molecule has 0 bridgehead atoms. The van der Waals surface area contributed by atoms with Gasteiger partial charge >= 0.3 is 0 Å². The van der Waals surface area contributed by atoms with E-state index < -0.39 is 11.8 Å². The number of pyridine rings is 2. The summed E-state index contributed by atoms with van der Waals surface area (Å²) in [4.78, 5) is 33.8. The normalized spacial score (nSPS) is 11.0. The maximum Gasteiger partial charge on any atom is 0.271 e. The van der Waals surface area contributed by atoms with Crippen LogP contribution in [-0.4, -0.2) is 34.2 Å². The number of aromatic nitrogens is 2. The molecule has 2 heterocycles. The van der Waals surface area contributed by atoms with Crippen LogP contribution in [0.3, 0.4) is 0 Å². The maximum absolute atomic E-state index is 12.8. The fraction of sp³-hybridized carbons (Fsp3) is 0.0370. The molecule has 0 radical (unpaired) electrons. The first-order valence-corrected chi connectivity index (χ1v) is 10.8. The molecule has 2 aromatic heterocycles. The Morgan fingerprint density at radius 1 is 0.657 bits per heavy atom. The molecule has 172 valence electrons. The van der Waals surface area contributed by atoms with Gasteiger partial charge in [-0.1, -0.05) is 42.5 Å². The number of carbonyl (C=O) groups is 2. The summed E-state index contributed by atoms with van der Waals surface area (Å²) in [7, 11) is 0. The smallest absolute Gasteiger partial charge is 0.267 e. The van der Waals surface area contributed by atoms with E-state index >= 15 is 0 Å². The van der Waals surface area contributed by atoms with E-state index in [1.165, 1.54) is 18.5 Å². The third-order valence-corrected chi connectivity index (χ3v) is 4.87. The number of hydrazone groups is 2. The zero-order valence-corrected chi connectivity index (χ0v) is 18.7. The van der Waals surface area contributed by atoms with Crippen LogP contribution in [0.5, 0.6) is 0 Å². The van der Waals surface area contributed by atoms with Crippen LogP contribution in [0.1, 0.15) is 43.2 Å². The maximum atomic E-state index is 12.8. The second-order valence-corrected chi connectivity index (χ2v) is 7.49. The summed E-state index contributed by atoms with van der Waals surface area (Å²) < 4.78 is 0. The predicted molar refractivity (Wildman–Crippen MR) is 134 cm³/mol. The van der Waals surface area contributed by atoms with E-state index in [0.29, 0.717) is 28.9 Å². The zero-order chi connectivity index (χ0) is 24.3. The molecule has 0 saturated carbocycles. The summed E-state index contributed by atoms with van der Waals surface area (Å²) in [6, 6.07) is 25.6. The van der Waals surface area contributed by atoms with Crippen LogP contribution >= 0.6 is 0 Å². The molecular formula is C27H22N6O2. The fourth-order valence-corrected chi connectivity index (χ4v) is 3.24. The Morgan fingerprint density at radius 2 is 1.17 bits per heavy atom. The first-order valence-electron chi connectivity index (χ1n) is 10.8. The minimum atomic E-state index is -0.446. The van der Waals surface area contributed by atoms with Crippen LogP contribution in [0, 0.1) is 0 Å². The molecule has 35 heavy (non-hydrogen) atoms. The summed E-state index contributed by atoms with van der Waals surface area (Å²) in [5.74, 6) is -0.892. The van der Waals surface area contributed by atoms with E-state index in [9.17, 15) is 9.59 Å². The Balaban J connectivity index is 1.53. The molecular weight excluding hydrogens is 440 g/mol. The van der Waals surface area contributed by atoms with Gasteiger partial charge in [0.25, 0.3) is 11.8 Å². The number of carbonyl (C=O) groups excluding carboxylic acids is 2. The molecule has 4 aromatic rings. The van der Waals surface area contributed by atoms with E-state index in [4.69, 9.17) is 0 Å². The summed E-state index contributed by atoms with van der Waals surface area (Å²) in [6.45, 7) is 0. The highest BCUT2D eigenvalue weighted by Gasteiger charge is 2.13. The largest absolute Gasteiger partial charge is 0.271 e. The van der Waals surface area contributed by atoms with Crippen LogP contribution in [0.4, 0.5) is 0 Å². The van der Waals surface area contributed by atoms with Crippen molar-refractivity contribution in [2.24, 2.45) is 10.2 Å². The van der Waals surface area contributed by atoms with Crippen molar-refractivity contribution < 1.29 is 9.59 Å². The summed E-state index contributed by atoms with van der Waals surface area (Å²) in [6.07, 6.45) is 6.73. The topological polar surface area (TPSA) is 109 Å². The highest BCUT2D eigenvalue weighted by molar-refractivity contribution is 6.00. The van der Waals surface area contributed by atoms with Crippen LogP contribution in [0.25, 0.3) is 0 Å². The van der Waals surface area contributed by atoms with Crippen molar-refractivity contribution in [3.05, 3.63) is 131 Å². The number of benzene rings is 2. The van der Waals surface area contributed by atoms with Gasteiger partial charge in [0.05, 0.1) is 23.8 Å². The standard InChI is InChI=1S/C27H22N6O2/c34-26(32-30-18-24-10-4-6-12-28-24)22-15-21(14-20-8-2-1-3-9-20)16-23(17-22)27(35)33-31-19-25-11-5-7-13-29-25/h1-13,15-19H,14H2,(H,32,34)(H,33,35)/b30-18+,31-19+. The number of rotatable bonds is 8. The average molecular weight is 463 g/mol. The van der Waals surface area contributed by atoms with Crippen molar-refractivity contribution >= 4 is 24.2 Å². The first kappa shape index (κ1) is 23.2. The van der Waals surface area contributed by atoms with Crippen molar-refractivity contribution in [2.45, 2.75) is 6.42 Å². The van der Waals surface area contributed by atoms with Gasteiger partial charge < -0.3 is 0 Å². The Morgan fingerprint density at radius 3 is 1.66 bits per heavy atom. The van der Waals surface area contributed by atoms with E-state index in [2.05, 4.69) is 31.0 Å². The van der Waals surface area contributed by atoms with Crippen molar-refractivity contribution in [1.29, 1.82) is 0 Å². The van der Waals surface area contributed by atoms with E-state index in [1.54, 1.807) is 48.8 Å². The molecule has 2 aromatic carbocycles. The second-order valence-electron chi connectivity index (χ2n) is 7.49. The number of hydrogen-bond donors (Lipinski definition) is 2. The molecule has 0 saturated heterocycles. The van der Waals surface area contributed by atoms with Crippen molar-refractivity contribution in [3.8, 4) is 0 Å². The molecule has 0 spiro atoms. The van der Waals surface area contributed by atoms with Crippen LogP contribution < -0.4 is 10.9 Å². The van der Waals surface area contributed by atoms with Crippen molar-refractivity contribution in [2.75, 3.05) is 0 Å². The molecule has 2 N–H and O–H groups in total. The Hall–Kier alpha value is -4.98. The molecule has 8 heteroatoms. The summed E-state index contributed by atoms with van der Waals surface area (Å²) in [5, 5.41) is 7.94. The third kappa shape index (κ3) is 7.00. The number of amides is 2. The zero-order valence-electron chi connectivity index (χ0n) is 18.7. The minimum absolute atomic E-state index is 0.301. The molecule has 0 aliphatic rings. The predicted octanol–water partition coefficient (Wildman–Crippen LogP) is 3.60. The second kappa shape index (κ2) is 11.8. The number of hydrogen-bond acceptors (Lipinski definition) is 6. The highest BCUT2D eigenvalue weighted by atomic mass is 16.2. The van der Waals surface area contributed by atoms with Crippen LogP contribution in [0.2, 0.25) is 0 Å². The summed E-state index contributed by atoms with van der Waals surface area (Å²) >= 11 is 0. The molecule has 0 atom stereocenters. The van der Waals surface area contributed by atoms with Gasteiger partial charge in [0, 0.05) is 23.5 Å². The SMILES string of the molecule is O=C(N/N=C/c1ccccn1)c1cc(Cc2ccccc2)cc(C(=O)N/N=C/c2ccccn2)c1. The van der Waals surface area contributed by atoms with Gasteiger partial charge in [-0.05, 0) is 60.0 Å². The average Bonchev–Trinajstić information content (AvgIpc) is 2.90. The lowest BCUT2D eigenvalue weighted by Gasteiger charge is -2.09. The van der Waals surface area contributed by atoms with Gasteiger partial charge in [-0.2, -0.15) is 10.2 Å². The molecule has 0 unspecified atom stereocenters. The molecule has 0 fully saturated rings. The van der Waals surface area contributed by atoms with Gasteiger partial charge in [-0.15, -0.1) is 0 Å². The van der Waals surface area contributed by atoms with Crippen LogP contribution in [0.15, 0.2) is 108 Å². The van der Waals surface area contributed by atoms with E-state index in [0.717, 1.165) is 11.1 Å². The van der Waals surface area contributed by atoms with E-state index in [-0.39, 0.29) is 0 Å². The number of nitrogens with one attached hydrogen (secondary N) is 2. The Kier molecular flexibility index (Phi) is 7.79. The lowest BCUT2D eigenvalue weighted by atomic mass is 9.99. The Bertz CT molecular complexity index is 1260. The lowest BCUT2D eigenvalue weighted by Crippen LogP contribution is -2.21. The minimum Gasteiger partial charge on any atom is -0.267 e.